The molecule has 2 rings (SSSR count). The van der Waals surface area contributed by atoms with Gasteiger partial charge in [0.1, 0.15) is 0 Å². The molecular weight excluding hydrogens is 271 g/mol. The number of nitrogens with two attached hydrogens (primary N) is 1. The van der Waals surface area contributed by atoms with Crippen LogP contribution in [0.4, 0.5) is 24.5 Å². The predicted molar refractivity (Wildman–Crippen MR) is 70.3 cm³/mol. The van der Waals surface area contributed by atoms with Gasteiger partial charge in [-0.2, -0.15) is 13.2 Å². The van der Waals surface area contributed by atoms with Crippen molar-refractivity contribution in [2.24, 2.45) is 0 Å². The summed E-state index contributed by atoms with van der Waals surface area (Å²) in [5.41, 5.74) is 4.96. The number of alkyl halides is 3. The van der Waals surface area contributed by atoms with E-state index in [1.807, 2.05) is 0 Å². The summed E-state index contributed by atoms with van der Waals surface area (Å²) in [6.07, 6.45) is -4.46. The highest BCUT2D eigenvalue weighted by molar-refractivity contribution is 5.75. The Bertz CT molecular complexity index is 508. The third kappa shape index (κ3) is 2.81. The summed E-state index contributed by atoms with van der Waals surface area (Å²) in [6.45, 7) is 3.42. The van der Waals surface area contributed by atoms with E-state index in [9.17, 15) is 18.0 Å². The molecule has 1 aromatic rings. The molecule has 0 saturated carbocycles. The van der Waals surface area contributed by atoms with Gasteiger partial charge >= 0.3 is 6.18 Å². The quantitative estimate of drug-likeness (QED) is 0.803. The molecule has 0 spiro atoms. The zero-order chi connectivity index (χ0) is 14.9. The fourth-order valence-electron chi connectivity index (χ4n) is 2.34. The third-order valence-corrected chi connectivity index (χ3v) is 3.45. The van der Waals surface area contributed by atoms with Crippen molar-refractivity contribution in [3.8, 4) is 0 Å². The maximum absolute atomic E-state index is 12.8. The first-order chi connectivity index (χ1) is 9.30. The van der Waals surface area contributed by atoms with Crippen LogP contribution in [-0.2, 0) is 11.0 Å². The number of benzene rings is 1. The summed E-state index contributed by atoms with van der Waals surface area (Å²) in [5.74, 6) is -0.0262. The van der Waals surface area contributed by atoms with Gasteiger partial charge < -0.3 is 15.5 Å². The fraction of sp³-hybridized carbons (Fsp3) is 0.462. The Hall–Kier alpha value is -1.92. The highest BCUT2D eigenvalue weighted by atomic mass is 19.4. The molecule has 1 aromatic carbocycles. The lowest BCUT2D eigenvalue weighted by Crippen LogP contribution is -2.48. The van der Waals surface area contributed by atoms with Crippen molar-refractivity contribution in [2.75, 3.05) is 36.8 Å². The van der Waals surface area contributed by atoms with Gasteiger partial charge in [-0.05, 0) is 12.1 Å². The number of anilines is 2. The molecule has 1 saturated heterocycles. The second kappa shape index (κ2) is 5.22. The molecule has 7 heteroatoms. The van der Waals surface area contributed by atoms with Gasteiger partial charge in [0.05, 0.1) is 16.9 Å². The molecule has 0 atom stereocenters. The maximum atomic E-state index is 12.8. The molecule has 1 aliphatic heterocycles. The standard InChI is InChI=1S/C13H16F3N3O/c1-9(20)18-5-7-19(8-6-18)11-4-2-3-10(12(11)17)13(14,15)16/h2-4H,5-8,17H2,1H3. The second-order valence-electron chi connectivity index (χ2n) is 4.73. The molecular formula is C13H16F3N3O. The van der Waals surface area contributed by atoms with Crippen molar-refractivity contribution in [1.29, 1.82) is 0 Å². The summed E-state index contributed by atoms with van der Waals surface area (Å²) < 4.78 is 38.4. The Morgan fingerprint density at radius 2 is 1.80 bits per heavy atom. The summed E-state index contributed by atoms with van der Waals surface area (Å²) in [4.78, 5) is 14.7. The first-order valence-electron chi connectivity index (χ1n) is 6.27. The van der Waals surface area contributed by atoms with Crippen LogP contribution in [0, 0.1) is 0 Å². The third-order valence-electron chi connectivity index (χ3n) is 3.45. The molecule has 1 amide bonds. The van der Waals surface area contributed by atoms with Crippen LogP contribution in [0.3, 0.4) is 0 Å². The van der Waals surface area contributed by atoms with Gasteiger partial charge in [-0.15, -0.1) is 0 Å². The normalized spacial score (nSPS) is 16.4. The van der Waals surface area contributed by atoms with Crippen LogP contribution < -0.4 is 10.6 Å². The number of piperazine rings is 1. The van der Waals surface area contributed by atoms with Crippen LogP contribution >= 0.6 is 0 Å². The molecule has 0 unspecified atom stereocenters. The largest absolute Gasteiger partial charge is 0.418 e. The Balaban J connectivity index is 2.21. The van der Waals surface area contributed by atoms with E-state index in [4.69, 9.17) is 5.73 Å². The summed E-state index contributed by atoms with van der Waals surface area (Å²) in [7, 11) is 0. The van der Waals surface area contributed by atoms with Crippen LogP contribution in [0.15, 0.2) is 18.2 Å². The Morgan fingerprint density at radius 1 is 1.20 bits per heavy atom. The number of rotatable bonds is 1. The van der Waals surface area contributed by atoms with Gasteiger partial charge in [-0.3, -0.25) is 4.79 Å². The number of nitrogen functional groups attached to an aromatic ring is 1. The minimum absolute atomic E-state index is 0.0262. The second-order valence-corrected chi connectivity index (χ2v) is 4.73. The Morgan fingerprint density at radius 3 is 2.30 bits per heavy atom. The van der Waals surface area contributed by atoms with Crippen LogP contribution in [0.5, 0.6) is 0 Å². The minimum atomic E-state index is -4.46. The first kappa shape index (κ1) is 14.5. The van der Waals surface area contributed by atoms with Crippen molar-refractivity contribution in [1.82, 2.24) is 4.90 Å². The average molecular weight is 287 g/mol. The lowest BCUT2D eigenvalue weighted by atomic mass is 10.1. The molecule has 1 heterocycles. The molecule has 1 aliphatic rings. The number of carbonyl (C=O) groups excluding carboxylic acids is 1. The molecule has 110 valence electrons. The van der Waals surface area contributed by atoms with Crippen molar-refractivity contribution in [3.05, 3.63) is 23.8 Å². The number of hydrogen-bond donors (Lipinski definition) is 1. The maximum Gasteiger partial charge on any atom is 0.418 e. The van der Waals surface area contributed by atoms with Crippen LogP contribution in [0.2, 0.25) is 0 Å². The Labute approximate surface area is 114 Å². The van der Waals surface area contributed by atoms with Gasteiger partial charge in [0, 0.05) is 33.1 Å². The van der Waals surface area contributed by atoms with E-state index in [0.29, 0.717) is 31.9 Å². The molecule has 0 radical (unpaired) electrons. The van der Waals surface area contributed by atoms with Crippen LogP contribution in [0.1, 0.15) is 12.5 Å². The minimum Gasteiger partial charge on any atom is -0.397 e. The number of hydrogen-bond acceptors (Lipinski definition) is 3. The number of nitrogens with zero attached hydrogens (tertiary/aromatic N) is 2. The van der Waals surface area contributed by atoms with E-state index >= 15 is 0 Å². The molecule has 0 aromatic heterocycles. The molecule has 1 fully saturated rings. The number of halogens is 3. The van der Waals surface area contributed by atoms with Gasteiger partial charge in [0.15, 0.2) is 0 Å². The van der Waals surface area contributed by atoms with E-state index in [1.165, 1.54) is 13.0 Å². The number of carbonyl (C=O) groups is 1. The fourth-order valence-corrected chi connectivity index (χ4v) is 2.34. The average Bonchev–Trinajstić information content (AvgIpc) is 2.37. The summed E-state index contributed by atoms with van der Waals surface area (Å²) in [5, 5.41) is 0. The van der Waals surface area contributed by atoms with E-state index in [2.05, 4.69) is 0 Å². The topological polar surface area (TPSA) is 49.6 Å². The molecule has 20 heavy (non-hydrogen) atoms. The van der Waals surface area contributed by atoms with Gasteiger partial charge in [0.25, 0.3) is 0 Å². The van der Waals surface area contributed by atoms with Crippen LogP contribution in [0.25, 0.3) is 0 Å². The molecule has 4 nitrogen and oxygen atoms in total. The molecule has 0 bridgehead atoms. The lowest BCUT2D eigenvalue weighted by Gasteiger charge is -2.36. The molecule has 0 aliphatic carbocycles. The zero-order valence-corrected chi connectivity index (χ0v) is 11.1. The van der Waals surface area contributed by atoms with E-state index in [-0.39, 0.29) is 11.6 Å². The van der Waals surface area contributed by atoms with Crippen molar-refractivity contribution >= 4 is 17.3 Å². The monoisotopic (exact) mass is 287 g/mol. The van der Waals surface area contributed by atoms with Gasteiger partial charge in [-0.1, -0.05) is 6.07 Å². The number of amides is 1. The zero-order valence-electron chi connectivity index (χ0n) is 11.1. The summed E-state index contributed by atoms with van der Waals surface area (Å²) >= 11 is 0. The van der Waals surface area contributed by atoms with Gasteiger partial charge in [0.2, 0.25) is 5.91 Å². The first-order valence-corrected chi connectivity index (χ1v) is 6.27. The van der Waals surface area contributed by atoms with E-state index < -0.39 is 11.7 Å². The summed E-state index contributed by atoms with van der Waals surface area (Å²) in [6, 6.07) is 3.91. The van der Waals surface area contributed by atoms with E-state index in [1.54, 1.807) is 15.9 Å². The SMILES string of the molecule is CC(=O)N1CCN(c2cccc(C(F)(F)F)c2N)CC1. The van der Waals surface area contributed by atoms with E-state index in [0.717, 1.165) is 6.07 Å². The lowest BCUT2D eigenvalue weighted by molar-refractivity contribution is -0.136. The van der Waals surface area contributed by atoms with Crippen molar-refractivity contribution in [3.63, 3.8) is 0 Å². The number of para-hydroxylation sites is 1. The van der Waals surface area contributed by atoms with Crippen LogP contribution in [-0.4, -0.2) is 37.0 Å². The predicted octanol–water partition coefficient (Wildman–Crippen LogP) is 1.96. The highest BCUT2D eigenvalue weighted by Gasteiger charge is 2.34. The Kier molecular flexibility index (Phi) is 3.78. The van der Waals surface area contributed by atoms with Crippen molar-refractivity contribution in [2.45, 2.75) is 13.1 Å². The smallest absolute Gasteiger partial charge is 0.397 e. The van der Waals surface area contributed by atoms with Gasteiger partial charge in [-0.25, -0.2) is 0 Å². The highest BCUT2D eigenvalue weighted by Crippen LogP contribution is 2.38. The van der Waals surface area contributed by atoms with Crippen molar-refractivity contribution < 1.29 is 18.0 Å². The molecule has 2 N–H and O–H groups in total.